The van der Waals surface area contributed by atoms with Crippen LogP contribution < -0.4 is 10.2 Å². The minimum absolute atomic E-state index is 0.0524. The number of ether oxygens (including phenoxy) is 1. The molecule has 1 atom stereocenters. The van der Waals surface area contributed by atoms with E-state index in [-0.39, 0.29) is 29.4 Å². The van der Waals surface area contributed by atoms with Crippen molar-refractivity contribution in [2.45, 2.75) is 6.42 Å². The van der Waals surface area contributed by atoms with E-state index in [1.165, 1.54) is 35.2 Å². The van der Waals surface area contributed by atoms with Crippen LogP contribution >= 0.6 is 11.6 Å². The third kappa shape index (κ3) is 4.45. The van der Waals surface area contributed by atoms with Gasteiger partial charge in [-0.25, -0.2) is 8.78 Å². The van der Waals surface area contributed by atoms with Gasteiger partial charge in [-0.1, -0.05) is 23.7 Å². The van der Waals surface area contributed by atoms with Gasteiger partial charge in [-0.2, -0.15) is 0 Å². The van der Waals surface area contributed by atoms with Crippen LogP contribution in [0.25, 0.3) is 0 Å². The van der Waals surface area contributed by atoms with E-state index in [9.17, 15) is 23.2 Å². The molecule has 146 valence electrons. The monoisotopic (exact) mass is 408 g/mol. The Bertz CT molecular complexity index is 938. The van der Waals surface area contributed by atoms with Crippen LogP contribution in [0.1, 0.15) is 6.42 Å². The molecule has 0 unspecified atom stereocenters. The van der Waals surface area contributed by atoms with Gasteiger partial charge in [0.25, 0.3) is 5.91 Å². The third-order valence-corrected chi connectivity index (χ3v) is 4.38. The van der Waals surface area contributed by atoms with Crippen LogP contribution in [0.2, 0.25) is 5.02 Å². The fraction of sp³-hybridized carbons (Fsp3) is 0.211. The highest BCUT2D eigenvalue weighted by molar-refractivity contribution is 6.30. The molecule has 1 fully saturated rings. The number of carbonyl (C=O) groups is 3. The molecule has 2 amide bonds. The molecular weight excluding hydrogens is 394 g/mol. The first-order valence-electron chi connectivity index (χ1n) is 8.31. The number of nitrogens with one attached hydrogen (secondary N) is 1. The van der Waals surface area contributed by atoms with Crippen LogP contribution in [0.15, 0.2) is 42.5 Å². The number of hydrogen-bond acceptors (Lipinski definition) is 4. The molecule has 9 heteroatoms. The second-order valence-electron chi connectivity index (χ2n) is 6.14. The first kappa shape index (κ1) is 19.8. The number of carbonyl (C=O) groups excluding carboxylic acids is 3. The van der Waals surface area contributed by atoms with E-state index >= 15 is 0 Å². The number of esters is 1. The van der Waals surface area contributed by atoms with Gasteiger partial charge in [-0.3, -0.25) is 14.4 Å². The standard InChI is InChI=1S/C19H15ClF2N2O4/c20-12-5-6-13(21)15(8-12)23-17(25)10-28-19(27)11-7-18(26)24(9-11)16-4-2-1-3-14(16)22/h1-6,8,11H,7,9-10H2,(H,23,25)/t11-/m0/s1. The van der Waals surface area contributed by atoms with Crippen molar-refractivity contribution >= 4 is 40.8 Å². The molecule has 2 aromatic carbocycles. The van der Waals surface area contributed by atoms with Crippen LogP contribution in [-0.4, -0.2) is 30.9 Å². The Morgan fingerprint density at radius 1 is 1.18 bits per heavy atom. The van der Waals surface area contributed by atoms with E-state index in [4.69, 9.17) is 16.3 Å². The van der Waals surface area contributed by atoms with Crippen molar-refractivity contribution in [3.63, 3.8) is 0 Å². The number of benzene rings is 2. The summed E-state index contributed by atoms with van der Waals surface area (Å²) in [6, 6.07) is 9.36. The number of halogens is 3. The van der Waals surface area contributed by atoms with E-state index in [0.29, 0.717) is 0 Å². The highest BCUT2D eigenvalue weighted by Crippen LogP contribution is 2.28. The summed E-state index contributed by atoms with van der Waals surface area (Å²) in [6.45, 7) is -0.710. The lowest BCUT2D eigenvalue weighted by molar-refractivity contribution is -0.151. The van der Waals surface area contributed by atoms with Gasteiger partial charge >= 0.3 is 5.97 Å². The normalized spacial score (nSPS) is 16.2. The smallest absolute Gasteiger partial charge is 0.311 e. The summed E-state index contributed by atoms with van der Waals surface area (Å²) < 4.78 is 32.4. The second kappa shape index (κ2) is 8.35. The van der Waals surface area contributed by atoms with Gasteiger partial charge in [0.1, 0.15) is 11.6 Å². The molecule has 28 heavy (non-hydrogen) atoms. The molecule has 6 nitrogen and oxygen atoms in total. The van der Waals surface area contributed by atoms with Crippen molar-refractivity contribution < 1.29 is 27.9 Å². The molecule has 1 aliphatic rings. The maximum Gasteiger partial charge on any atom is 0.311 e. The van der Waals surface area contributed by atoms with Crippen molar-refractivity contribution in [1.29, 1.82) is 0 Å². The van der Waals surface area contributed by atoms with Crippen molar-refractivity contribution in [1.82, 2.24) is 0 Å². The molecule has 0 radical (unpaired) electrons. The van der Waals surface area contributed by atoms with Gasteiger partial charge < -0.3 is 15.0 Å². The van der Waals surface area contributed by atoms with Gasteiger partial charge in [-0.15, -0.1) is 0 Å². The number of nitrogens with zero attached hydrogens (tertiary/aromatic N) is 1. The Labute approximate surface area is 164 Å². The molecule has 1 saturated heterocycles. The molecule has 0 bridgehead atoms. The minimum Gasteiger partial charge on any atom is -0.455 e. The summed E-state index contributed by atoms with van der Waals surface area (Å²) in [4.78, 5) is 37.3. The summed E-state index contributed by atoms with van der Waals surface area (Å²) in [6.07, 6.45) is -0.155. The SMILES string of the molecule is O=C(COC(=O)[C@H]1CC(=O)N(c2ccccc2F)C1)Nc1cc(Cl)ccc1F. The fourth-order valence-electron chi connectivity index (χ4n) is 2.80. The zero-order valence-corrected chi connectivity index (χ0v) is 15.2. The molecule has 0 aromatic heterocycles. The Morgan fingerprint density at radius 3 is 2.68 bits per heavy atom. The molecule has 1 N–H and O–H groups in total. The predicted molar refractivity (Wildman–Crippen MR) is 97.9 cm³/mol. The summed E-state index contributed by atoms with van der Waals surface area (Å²) in [5.41, 5.74) is -0.0627. The van der Waals surface area contributed by atoms with E-state index in [2.05, 4.69) is 5.32 Å². The van der Waals surface area contributed by atoms with Gasteiger partial charge in [0.05, 0.1) is 17.3 Å². The van der Waals surface area contributed by atoms with Gasteiger partial charge in [0.15, 0.2) is 6.61 Å². The number of amides is 2. The van der Waals surface area contributed by atoms with E-state index in [1.54, 1.807) is 6.07 Å². The van der Waals surface area contributed by atoms with E-state index < -0.39 is 41.9 Å². The van der Waals surface area contributed by atoms with Crippen molar-refractivity contribution in [2.75, 3.05) is 23.4 Å². The Kier molecular flexibility index (Phi) is 5.89. The maximum absolute atomic E-state index is 13.9. The van der Waals surface area contributed by atoms with Crippen molar-refractivity contribution in [2.24, 2.45) is 5.92 Å². The quantitative estimate of drug-likeness (QED) is 0.771. The first-order valence-corrected chi connectivity index (χ1v) is 8.69. The highest BCUT2D eigenvalue weighted by Gasteiger charge is 2.37. The third-order valence-electron chi connectivity index (χ3n) is 4.15. The first-order chi connectivity index (χ1) is 13.3. The lowest BCUT2D eigenvalue weighted by Gasteiger charge is -2.17. The summed E-state index contributed by atoms with van der Waals surface area (Å²) in [5.74, 6) is -4.04. The van der Waals surface area contributed by atoms with Gasteiger partial charge in [-0.05, 0) is 30.3 Å². The minimum atomic E-state index is -0.831. The molecule has 0 aliphatic carbocycles. The lowest BCUT2D eigenvalue weighted by atomic mass is 10.1. The number of rotatable bonds is 5. The molecule has 1 heterocycles. The van der Waals surface area contributed by atoms with Crippen molar-refractivity contribution in [3.05, 3.63) is 59.1 Å². The summed E-state index contributed by atoms with van der Waals surface area (Å²) in [7, 11) is 0. The van der Waals surface area contributed by atoms with Crippen molar-refractivity contribution in [3.8, 4) is 0 Å². The van der Waals surface area contributed by atoms with Crippen LogP contribution in [-0.2, 0) is 19.1 Å². The molecular formula is C19H15ClF2N2O4. The maximum atomic E-state index is 13.9. The van der Waals surface area contributed by atoms with E-state index in [0.717, 1.165) is 6.07 Å². The lowest BCUT2D eigenvalue weighted by Crippen LogP contribution is -2.28. The number of anilines is 2. The van der Waals surface area contributed by atoms with Gasteiger partial charge in [0.2, 0.25) is 5.91 Å². The zero-order valence-electron chi connectivity index (χ0n) is 14.5. The van der Waals surface area contributed by atoms with Gasteiger partial charge in [0, 0.05) is 18.0 Å². The number of para-hydroxylation sites is 1. The Balaban J connectivity index is 1.55. The topological polar surface area (TPSA) is 75.7 Å². The zero-order chi connectivity index (χ0) is 20.3. The summed E-state index contributed by atoms with van der Waals surface area (Å²) >= 11 is 5.74. The molecule has 3 rings (SSSR count). The average molecular weight is 409 g/mol. The van der Waals surface area contributed by atoms with Crippen LogP contribution in [0.3, 0.4) is 0 Å². The summed E-state index contributed by atoms with van der Waals surface area (Å²) in [5, 5.41) is 2.47. The highest BCUT2D eigenvalue weighted by atomic mass is 35.5. The van der Waals surface area contributed by atoms with E-state index in [1.807, 2.05) is 0 Å². The van der Waals surface area contributed by atoms with Crippen LogP contribution in [0.5, 0.6) is 0 Å². The van der Waals surface area contributed by atoms with Crippen LogP contribution in [0, 0.1) is 17.6 Å². The van der Waals surface area contributed by atoms with Crippen LogP contribution in [0.4, 0.5) is 20.2 Å². The second-order valence-corrected chi connectivity index (χ2v) is 6.57. The fourth-order valence-corrected chi connectivity index (χ4v) is 2.98. The average Bonchev–Trinajstić information content (AvgIpc) is 3.05. The Hall–Kier alpha value is -3.00. The molecule has 1 aliphatic heterocycles. The predicted octanol–water partition coefficient (Wildman–Crippen LogP) is 3.15. The number of hydrogen-bond donors (Lipinski definition) is 1. The Morgan fingerprint density at radius 2 is 1.93 bits per heavy atom. The largest absolute Gasteiger partial charge is 0.455 e. The molecule has 0 spiro atoms. The molecule has 2 aromatic rings. The molecule has 0 saturated carbocycles.